The van der Waals surface area contributed by atoms with Gasteiger partial charge in [0, 0.05) is 16.9 Å². The highest BCUT2D eigenvalue weighted by Gasteiger charge is 2.60. The lowest BCUT2D eigenvalue weighted by atomic mass is 9.92. The number of carbonyl (C=O) groups is 3. The molecule has 37 heavy (non-hydrogen) atoms. The van der Waals surface area contributed by atoms with Crippen molar-refractivity contribution < 1.29 is 71.3 Å². The molecule has 0 saturated heterocycles. The summed E-state index contributed by atoms with van der Waals surface area (Å²) in [5, 5.41) is -1.18. The Hall–Kier alpha value is -3.85. The van der Waals surface area contributed by atoms with Crippen LogP contribution in [0, 0.1) is 11.8 Å². The lowest BCUT2D eigenvalue weighted by Crippen LogP contribution is -2.45. The first-order chi connectivity index (χ1) is 16.8. The van der Waals surface area contributed by atoms with Gasteiger partial charge in [0.1, 0.15) is 0 Å². The van der Waals surface area contributed by atoms with Crippen LogP contribution in [-0.2, 0) is 23.9 Å². The first-order valence-electron chi connectivity index (χ1n) is 9.07. The summed E-state index contributed by atoms with van der Waals surface area (Å²) in [6.07, 6.45) is -16.5. The monoisotopic (exact) mass is 563 g/mol. The summed E-state index contributed by atoms with van der Waals surface area (Å²) < 4.78 is 143. The number of hydroxylamine groups is 2. The van der Waals surface area contributed by atoms with Gasteiger partial charge in [0.2, 0.25) is 0 Å². The quantitative estimate of drug-likeness (QED) is 0.185. The maximum absolute atomic E-state index is 12.6. The zero-order valence-corrected chi connectivity index (χ0v) is 17.9. The summed E-state index contributed by atoms with van der Waals surface area (Å²) in [5.41, 5.74) is -7.48. The molecule has 0 spiro atoms. The molecule has 0 saturated carbocycles. The minimum absolute atomic E-state index is 0.196. The van der Waals surface area contributed by atoms with Crippen LogP contribution in [0.5, 0.6) is 0 Å². The van der Waals surface area contributed by atoms with E-state index in [4.69, 9.17) is 0 Å². The van der Waals surface area contributed by atoms with Gasteiger partial charge in [0.15, 0.2) is 0 Å². The Balaban J connectivity index is 2.01. The smallest absolute Gasteiger partial charge is 0.433 e. The van der Waals surface area contributed by atoms with Crippen molar-refractivity contribution >= 4 is 38.7 Å². The fourth-order valence-electron chi connectivity index (χ4n) is 2.97. The van der Waals surface area contributed by atoms with Crippen LogP contribution in [0.2, 0.25) is 0 Å². The van der Waals surface area contributed by atoms with E-state index in [9.17, 15) is 62.3 Å². The van der Waals surface area contributed by atoms with E-state index in [0.29, 0.717) is 0 Å². The Morgan fingerprint density at radius 3 is 1.92 bits per heavy atom. The maximum atomic E-state index is 12.6. The predicted molar refractivity (Wildman–Crippen MR) is 99.4 cm³/mol. The molecular weight excluding hydrogens is 557 g/mol. The number of alkyl halides is 9. The predicted octanol–water partition coefficient (Wildman–Crippen LogP) is 3.60. The number of halogens is 9. The van der Waals surface area contributed by atoms with Gasteiger partial charge in [-0.2, -0.15) is 47.9 Å². The molecule has 0 aliphatic carbocycles. The fourth-order valence-corrected chi connectivity index (χ4v) is 3.38. The highest BCUT2D eigenvalue weighted by molar-refractivity contribution is 7.87. The van der Waals surface area contributed by atoms with E-state index in [0.717, 1.165) is 30.3 Å². The molecule has 2 amide bonds. The third-order valence-corrected chi connectivity index (χ3v) is 5.36. The fraction of sp³-hybridized carbons (Fsp3) is 0.211. The summed E-state index contributed by atoms with van der Waals surface area (Å²) in [4.78, 5) is 36.6. The van der Waals surface area contributed by atoms with Crippen molar-refractivity contribution in [2.24, 2.45) is 0 Å². The van der Waals surface area contributed by atoms with Crippen molar-refractivity contribution in [1.82, 2.24) is 5.06 Å². The van der Waals surface area contributed by atoms with Gasteiger partial charge < -0.3 is 4.74 Å². The molecular formula is C19H6F9NO7S. The third-order valence-electron chi connectivity index (χ3n) is 4.45. The normalized spacial score (nSPS) is 14.6. The number of hydrogen-bond donors (Lipinski definition) is 0. The zero-order valence-electron chi connectivity index (χ0n) is 17.1. The summed E-state index contributed by atoms with van der Waals surface area (Å²) in [5.74, 6) is -2.22. The molecule has 198 valence electrons. The van der Waals surface area contributed by atoms with E-state index < -0.39 is 68.1 Å². The Labute approximate surface area is 198 Å². The highest BCUT2D eigenvalue weighted by Crippen LogP contribution is 2.36. The molecule has 18 heteroatoms. The van der Waals surface area contributed by atoms with Crippen LogP contribution in [0.15, 0.2) is 30.3 Å². The van der Waals surface area contributed by atoms with Crippen molar-refractivity contribution in [3.63, 3.8) is 0 Å². The molecule has 0 fully saturated rings. The van der Waals surface area contributed by atoms with Gasteiger partial charge in [-0.15, -0.1) is 9.35 Å². The van der Waals surface area contributed by atoms with Gasteiger partial charge in [-0.25, -0.2) is 4.79 Å². The van der Waals surface area contributed by atoms with E-state index in [2.05, 4.69) is 9.02 Å². The Morgan fingerprint density at radius 2 is 1.41 bits per heavy atom. The third kappa shape index (κ3) is 5.32. The van der Waals surface area contributed by atoms with Crippen molar-refractivity contribution in [3.8, 4) is 11.8 Å². The molecule has 0 radical (unpaired) electrons. The van der Waals surface area contributed by atoms with E-state index in [-0.39, 0.29) is 16.3 Å². The standard InChI is InChI=1S/C19H6F9NO7S/c20-17(21,22)16(18(23,24)25)35-12(30)7-5-8-4-6-11-13-9(8)2-1-3-10(13)14(31)29(15(11)32)36-37(33,34)19(26,27)28/h1-4,6,16H. The second-order valence-corrected chi connectivity index (χ2v) is 8.41. The van der Waals surface area contributed by atoms with Crippen LogP contribution < -0.4 is 0 Å². The van der Waals surface area contributed by atoms with Gasteiger partial charge in [0.25, 0.3) is 17.9 Å². The molecule has 8 nitrogen and oxygen atoms in total. The van der Waals surface area contributed by atoms with Crippen molar-refractivity contribution in [3.05, 3.63) is 47.0 Å². The van der Waals surface area contributed by atoms with Gasteiger partial charge in [-0.05, 0) is 23.6 Å². The summed E-state index contributed by atoms with van der Waals surface area (Å²) in [6, 6.07) is 4.81. The number of carbonyl (C=O) groups excluding carboxylic acids is 3. The van der Waals surface area contributed by atoms with Gasteiger partial charge in [-0.1, -0.05) is 18.1 Å². The lowest BCUT2D eigenvalue weighted by Gasteiger charge is -2.25. The number of ether oxygens (including phenoxy) is 1. The zero-order chi connectivity index (χ0) is 28.1. The molecule has 2 aromatic carbocycles. The van der Waals surface area contributed by atoms with Crippen LogP contribution in [0.4, 0.5) is 39.5 Å². The van der Waals surface area contributed by atoms with Crippen molar-refractivity contribution in [2.45, 2.75) is 24.0 Å². The van der Waals surface area contributed by atoms with Crippen molar-refractivity contribution in [2.75, 3.05) is 0 Å². The summed E-state index contributed by atoms with van der Waals surface area (Å²) in [7, 11) is -6.44. The minimum Gasteiger partial charge on any atom is -0.433 e. The van der Waals surface area contributed by atoms with Crippen LogP contribution in [0.25, 0.3) is 10.8 Å². The Morgan fingerprint density at radius 1 is 0.865 bits per heavy atom. The molecule has 1 aliphatic heterocycles. The molecule has 2 aromatic rings. The number of amides is 2. The Kier molecular flexibility index (Phi) is 6.68. The second kappa shape index (κ2) is 8.92. The highest BCUT2D eigenvalue weighted by atomic mass is 32.2. The number of nitrogens with zero attached hydrogens (tertiary/aromatic N) is 1. The molecule has 3 rings (SSSR count). The molecule has 1 aliphatic rings. The van der Waals surface area contributed by atoms with Crippen molar-refractivity contribution in [1.29, 1.82) is 0 Å². The SMILES string of the molecule is O=C(C#Cc1ccc2c3c(cccc13)C(=O)N(OS(=O)(=O)C(F)(F)F)C2=O)OC(C(F)(F)F)C(F)(F)F. The van der Waals surface area contributed by atoms with E-state index >= 15 is 0 Å². The van der Waals surface area contributed by atoms with Crippen LogP contribution in [-0.4, -0.2) is 55.2 Å². The number of hydrogen-bond acceptors (Lipinski definition) is 7. The van der Waals surface area contributed by atoms with Gasteiger partial charge in [0.05, 0.1) is 11.1 Å². The average molecular weight is 563 g/mol. The Bertz CT molecular complexity index is 1450. The average Bonchev–Trinajstić information content (AvgIpc) is 2.75. The van der Waals surface area contributed by atoms with Crippen LogP contribution in [0.1, 0.15) is 26.3 Å². The molecule has 0 atom stereocenters. The largest absolute Gasteiger partial charge is 0.525 e. The summed E-state index contributed by atoms with van der Waals surface area (Å²) in [6.45, 7) is 0. The molecule has 0 unspecified atom stereocenters. The number of benzene rings is 2. The lowest BCUT2D eigenvalue weighted by molar-refractivity contribution is -0.311. The molecule has 0 bridgehead atoms. The van der Waals surface area contributed by atoms with E-state index in [1.165, 1.54) is 5.92 Å². The topological polar surface area (TPSA) is 107 Å². The maximum Gasteiger partial charge on any atom is 0.525 e. The first-order valence-corrected chi connectivity index (χ1v) is 10.5. The summed E-state index contributed by atoms with van der Waals surface area (Å²) >= 11 is 0. The number of esters is 1. The van der Waals surface area contributed by atoms with E-state index in [1.54, 1.807) is 0 Å². The molecule has 1 heterocycles. The number of imide groups is 1. The first kappa shape index (κ1) is 27.7. The number of rotatable bonds is 3. The molecule has 0 N–H and O–H groups in total. The van der Waals surface area contributed by atoms with Crippen LogP contribution in [0.3, 0.4) is 0 Å². The molecule has 0 aromatic heterocycles. The second-order valence-electron chi connectivity index (χ2n) is 6.89. The van der Waals surface area contributed by atoms with Crippen LogP contribution >= 0.6 is 0 Å². The minimum atomic E-state index is -6.44. The van der Waals surface area contributed by atoms with Gasteiger partial charge >= 0.3 is 33.9 Å². The van der Waals surface area contributed by atoms with Gasteiger partial charge in [-0.3, -0.25) is 9.59 Å². The van der Waals surface area contributed by atoms with E-state index in [1.807, 2.05) is 5.92 Å².